The Morgan fingerprint density at radius 3 is 2.34 bits per heavy atom. The van der Waals surface area contributed by atoms with Crippen LogP contribution in [0.25, 0.3) is 11.1 Å². The summed E-state index contributed by atoms with van der Waals surface area (Å²) in [6.07, 6.45) is 23.9. The van der Waals surface area contributed by atoms with Gasteiger partial charge in [0.15, 0.2) is 0 Å². The van der Waals surface area contributed by atoms with Crippen molar-refractivity contribution in [1.82, 2.24) is 0 Å². The van der Waals surface area contributed by atoms with Gasteiger partial charge in [0.05, 0.1) is 5.41 Å². The average Bonchev–Trinajstić information content (AvgIpc) is 3.53. The third-order valence-corrected chi connectivity index (χ3v) is 8.04. The van der Waals surface area contributed by atoms with Crippen LogP contribution in [0.1, 0.15) is 93.5 Å². The Labute approximate surface area is 231 Å². The third-order valence-electron chi connectivity index (χ3n) is 8.04. The van der Waals surface area contributed by atoms with Crippen molar-refractivity contribution in [2.45, 2.75) is 77.6 Å². The van der Waals surface area contributed by atoms with E-state index in [-0.39, 0.29) is 10.8 Å². The van der Waals surface area contributed by atoms with Gasteiger partial charge in [0.2, 0.25) is 0 Å². The molecule has 0 heteroatoms. The molecule has 1 unspecified atom stereocenters. The lowest BCUT2D eigenvalue weighted by Crippen LogP contribution is -2.12. The van der Waals surface area contributed by atoms with Crippen molar-refractivity contribution in [2.24, 2.45) is 11.3 Å². The molecule has 0 heterocycles. The first-order chi connectivity index (χ1) is 18.0. The van der Waals surface area contributed by atoms with Crippen LogP contribution >= 0.6 is 0 Å². The molecule has 0 N–H and O–H groups in total. The molecule has 1 saturated carbocycles. The minimum atomic E-state index is -0.0736. The molecule has 38 heavy (non-hydrogen) atoms. The predicted octanol–water partition coefficient (Wildman–Crippen LogP) is 9.69. The molecule has 0 aromatic heterocycles. The van der Waals surface area contributed by atoms with Crippen LogP contribution < -0.4 is 0 Å². The molecular formula is C38H42. The second-order valence-electron chi connectivity index (χ2n) is 12.6. The molecule has 0 nitrogen and oxygen atoms in total. The maximum atomic E-state index is 5.99. The molecule has 2 aromatic rings. The molecule has 2 aliphatic rings. The number of terminal acetylenes is 2. The predicted molar refractivity (Wildman–Crippen MR) is 166 cm³/mol. The molecule has 1 fully saturated rings. The number of allylic oxidation sites excluding steroid dienone is 6. The molecule has 2 atom stereocenters. The van der Waals surface area contributed by atoms with E-state index in [0.29, 0.717) is 11.8 Å². The Morgan fingerprint density at radius 1 is 1.03 bits per heavy atom. The van der Waals surface area contributed by atoms with Crippen molar-refractivity contribution in [3.63, 3.8) is 0 Å². The van der Waals surface area contributed by atoms with Gasteiger partial charge in [0, 0.05) is 12.3 Å². The standard InChI is InChI=1S/C38H42/c1-9-11-13-27(3)31-16-18-32(19-17-31)36-15-12-14-35(36)29(5)22-28(4)33-23-30(26-37(6,7)8)24-34(25-33)38(10-2)20-21-38/h1-2,12,14-19,23-25,29,36H,3-4,11,13,20-22,26H2,5-8H3/t29-,36?/m1/s1. The zero-order valence-electron chi connectivity index (χ0n) is 23.7. The molecule has 0 amide bonds. The number of rotatable bonds is 10. The van der Waals surface area contributed by atoms with Crippen molar-refractivity contribution in [3.05, 3.63) is 107 Å². The van der Waals surface area contributed by atoms with E-state index < -0.39 is 0 Å². The Balaban J connectivity index is 1.50. The summed E-state index contributed by atoms with van der Waals surface area (Å²) in [5.74, 6) is 6.48. The Bertz CT molecular complexity index is 1350. The molecule has 0 spiro atoms. The zero-order chi connectivity index (χ0) is 27.5. The zero-order valence-corrected chi connectivity index (χ0v) is 23.7. The van der Waals surface area contributed by atoms with Crippen LogP contribution in [0.5, 0.6) is 0 Å². The molecular weight excluding hydrogens is 456 g/mol. The van der Waals surface area contributed by atoms with Crippen LogP contribution in [0.4, 0.5) is 0 Å². The largest absolute Gasteiger partial charge is 0.120 e. The highest BCUT2D eigenvalue weighted by Crippen LogP contribution is 2.49. The van der Waals surface area contributed by atoms with Gasteiger partial charge in [-0.3, -0.25) is 0 Å². The first-order valence-electron chi connectivity index (χ1n) is 14.0. The van der Waals surface area contributed by atoms with Gasteiger partial charge in [-0.1, -0.05) is 107 Å². The monoisotopic (exact) mass is 498 g/mol. The second kappa shape index (κ2) is 11.1. The van der Waals surface area contributed by atoms with Crippen molar-refractivity contribution in [2.75, 3.05) is 0 Å². The molecule has 0 bridgehead atoms. The maximum Gasteiger partial charge on any atom is 0.0561 e. The van der Waals surface area contributed by atoms with Crippen molar-refractivity contribution >= 4 is 11.1 Å². The van der Waals surface area contributed by atoms with E-state index in [4.69, 9.17) is 12.8 Å². The molecule has 0 radical (unpaired) electrons. The summed E-state index contributed by atoms with van der Waals surface area (Å²) in [5.41, 5.74) is 10.3. The quantitative estimate of drug-likeness (QED) is 0.286. The van der Waals surface area contributed by atoms with Crippen LogP contribution in [0.15, 0.2) is 79.4 Å². The summed E-state index contributed by atoms with van der Waals surface area (Å²) >= 11 is 0. The molecule has 194 valence electrons. The van der Waals surface area contributed by atoms with Gasteiger partial charge < -0.3 is 0 Å². The van der Waals surface area contributed by atoms with Crippen LogP contribution in [-0.4, -0.2) is 0 Å². The van der Waals surface area contributed by atoms with Crippen LogP contribution in [0.3, 0.4) is 0 Å². The first kappa shape index (κ1) is 27.6. The van der Waals surface area contributed by atoms with Crippen molar-refractivity contribution < 1.29 is 0 Å². The SMILES string of the molecule is C#CCCC(=C)c1ccc(C2C=CC=C2[C@H](C)CC(=C)c2cc(CC(C)(C)C)cc(C3(C#C)CC3)c2)cc1. The molecule has 2 aromatic carbocycles. The summed E-state index contributed by atoms with van der Waals surface area (Å²) in [7, 11) is 0. The first-order valence-corrected chi connectivity index (χ1v) is 14.0. The normalized spacial score (nSPS) is 18.3. The van der Waals surface area contributed by atoms with Gasteiger partial charge >= 0.3 is 0 Å². The topological polar surface area (TPSA) is 0 Å². The highest BCUT2D eigenvalue weighted by molar-refractivity contribution is 5.67. The molecule has 4 rings (SSSR count). The van der Waals surface area contributed by atoms with E-state index in [1.54, 1.807) is 0 Å². The van der Waals surface area contributed by atoms with Gasteiger partial charge in [0.25, 0.3) is 0 Å². The van der Waals surface area contributed by atoms with E-state index in [1.165, 1.54) is 39.0 Å². The van der Waals surface area contributed by atoms with Crippen LogP contribution in [0.2, 0.25) is 0 Å². The van der Waals surface area contributed by atoms with E-state index >= 15 is 0 Å². The smallest absolute Gasteiger partial charge is 0.0561 e. The van der Waals surface area contributed by atoms with Gasteiger partial charge in [0.1, 0.15) is 0 Å². The second-order valence-corrected chi connectivity index (χ2v) is 12.6. The Kier molecular flexibility index (Phi) is 8.05. The van der Waals surface area contributed by atoms with E-state index in [9.17, 15) is 0 Å². The van der Waals surface area contributed by atoms with E-state index in [0.717, 1.165) is 44.1 Å². The van der Waals surface area contributed by atoms with E-state index in [2.05, 4.69) is 113 Å². The minimum absolute atomic E-state index is 0.0736. The number of hydrogen-bond acceptors (Lipinski definition) is 0. The van der Waals surface area contributed by atoms with Gasteiger partial charge in [-0.25, -0.2) is 0 Å². The molecule has 0 aliphatic heterocycles. The summed E-state index contributed by atoms with van der Waals surface area (Å²) < 4.78 is 0. The van der Waals surface area contributed by atoms with Gasteiger partial charge in [-0.05, 0) is 88.5 Å². The summed E-state index contributed by atoms with van der Waals surface area (Å²) in [6, 6.07) is 15.9. The average molecular weight is 499 g/mol. The highest BCUT2D eigenvalue weighted by Gasteiger charge is 2.43. The third kappa shape index (κ3) is 6.32. The molecule has 2 aliphatic carbocycles. The van der Waals surface area contributed by atoms with Crippen LogP contribution in [0, 0.1) is 36.0 Å². The summed E-state index contributed by atoms with van der Waals surface area (Å²) in [6.45, 7) is 18.0. The lowest BCUT2D eigenvalue weighted by Gasteiger charge is -2.24. The summed E-state index contributed by atoms with van der Waals surface area (Å²) in [5, 5.41) is 0. The van der Waals surface area contributed by atoms with Gasteiger partial charge in [-0.15, -0.1) is 18.8 Å². The number of hydrogen-bond donors (Lipinski definition) is 0. The van der Waals surface area contributed by atoms with Crippen molar-refractivity contribution in [1.29, 1.82) is 0 Å². The fourth-order valence-corrected chi connectivity index (χ4v) is 5.69. The fraction of sp³-hybridized carbons (Fsp3) is 0.368. The fourth-order valence-electron chi connectivity index (χ4n) is 5.69. The van der Waals surface area contributed by atoms with Gasteiger partial charge in [-0.2, -0.15) is 0 Å². The minimum Gasteiger partial charge on any atom is -0.120 e. The lowest BCUT2D eigenvalue weighted by atomic mass is 9.80. The Hall–Kier alpha value is -3.48. The summed E-state index contributed by atoms with van der Waals surface area (Å²) in [4.78, 5) is 0. The molecule has 0 saturated heterocycles. The highest BCUT2D eigenvalue weighted by atomic mass is 14.4. The van der Waals surface area contributed by atoms with Crippen molar-refractivity contribution in [3.8, 4) is 24.7 Å². The van der Waals surface area contributed by atoms with E-state index in [1.807, 2.05) is 0 Å². The lowest BCUT2D eigenvalue weighted by molar-refractivity contribution is 0.411. The number of benzene rings is 2. The van der Waals surface area contributed by atoms with Crippen LogP contribution in [-0.2, 0) is 11.8 Å². The Morgan fingerprint density at radius 2 is 1.74 bits per heavy atom. The maximum absolute atomic E-state index is 5.99.